The van der Waals surface area contributed by atoms with Crippen LogP contribution in [-0.2, 0) is 21.8 Å². The van der Waals surface area contributed by atoms with E-state index in [1.807, 2.05) is 6.07 Å². The van der Waals surface area contributed by atoms with Gasteiger partial charge in [-0.25, -0.2) is 0 Å². The van der Waals surface area contributed by atoms with Crippen LogP contribution in [0.2, 0.25) is 9.26 Å². The van der Waals surface area contributed by atoms with Gasteiger partial charge in [0.05, 0.1) is 0 Å². The predicted molar refractivity (Wildman–Crippen MR) is 51.8 cm³/mol. The van der Waals surface area contributed by atoms with E-state index in [4.69, 9.17) is 4.42 Å². The molecule has 0 N–H and O–H groups in total. The number of hydrogen-bond acceptors (Lipinski definition) is 1. The number of halogens is 3. The van der Waals surface area contributed by atoms with E-state index in [9.17, 15) is 0 Å². The maximum atomic E-state index is 5.18. The van der Waals surface area contributed by atoms with Gasteiger partial charge < -0.3 is 0 Å². The van der Waals surface area contributed by atoms with E-state index >= 15 is 0 Å². The third-order valence-electron chi connectivity index (χ3n) is 1.01. The van der Waals surface area contributed by atoms with E-state index in [0.29, 0.717) is 0 Å². The summed E-state index contributed by atoms with van der Waals surface area (Å²) in [7, 11) is 0. The molecule has 0 aliphatic heterocycles. The first-order chi connectivity index (χ1) is 3.80. The quantitative estimate of drug-likeness (QED) is 0.777. The fourth-order valence-electron chi connectivity index (χ4n) is 0.563. The van der Waals surface area contributed by atoms with Gasteiger partial charge >= 0.3 is 57.3 Å². The Morgan fingerprint density at radius 3 is 1.91 bits per heavy atom. The van der Waals surface area contributed by atoms with Crippen LogP contribution in [0, 0.1) is 0 Å². The minimum absolute atomic E-state index is 0. The summed E-state index contributed by atoms with van der Waals surface area (Å²) in [5.41, 5.74) is 0. The Morgan fingerprint density at radius 2 is 1.73 bits per heavy atom. The molecule has 1 aromatic heterocycles. The van der Waals surface area contributed by atoms with Crippen molar-refractivity contribution >= 4 is 40.7 Å². The van der Waals surface area contributed by atoms with Gasteiger partial charge in [0, 0.05) is 0 Å². The van der Waals surface area contributed by atoms with Crippen LogP contribution in [-0.4, -0.2) is 0 Å². The number of hydrogen-bond donors (Lipinski definition) is 0. The van der Waals surface area contributed by atoms with Crippen molar-refractivity contribution in [2.24, 2.45) is 0 Å². The van der Waals surface area contributed by atoms with Crippen molar-refractivity contribution in [1.29, 1.82) is 0 Å². The molecule has 0 radical (unpaired) electrons. The molecule has 1 rings (SSSR count). The van der Waals surface area contributed by atoms with Gasteiger partial charge in [-0.3, -0.25) is 0 Å². The fourth-order valence-corrected chi connectivity index (χ4v) is 2.37. The van der Waals surface area contributed by atoms with Crippen LogP contribution >= 0.6 is 37.2 Å². The Morgan fingerprint density at radius 1 is 1.18 bits per heavy atom. The third kappa shape index (κ3) is 6.22. The molecular formula is C6H12Cl3OZr. The molecule has 0 atom stereocenters. The molecular weight excluding hydrogens is 286 g/mol. The van der Waals surface area contributed by atoms with Crippen molar-refractivity contribution in [1.82, 2.24) is 0 Å². The summed E-state index contributed by atoms with van der Waals surface area (Å²) in [5, 5.41) is 0. The molecule has 5 heteroatoms. The van der Waals surface area contributed by atoms with Gasteiger partial charge in [0.1, 0.15) is 0 Å². The second kappa shape index (κ2) is 9.12. The van der Waals surface area contributed by atoms with Crippen LogP contribution in [0.3, 0.4) is 0 Å². The number of rotatable bonds is 1. The normalized spacial score (nSPS) is 6.73. The molecule has 0 aliphatic rings. The first-order valence-electron chi connectivity index (χ1n) is 2.65. The summed E-state index contributed by atoms with van der Waals surface area (Å²) in [6, 6.07) is 4.04. The summed E-state index contributed by atoms with van der Waals surface area (Å²) in [5.74, 6) is 0. The summed E-state index contributed by atoms with van der Waals surface area (Å²) in [4.78, 5) is 0. The minimum atomic E-state index is -1.13. The second-order valence-corrected chi connectivity index (χ2v) is 8.10. The van der Waals surface area contributed by atoms with Crippen molar-refractivity contribution in [3.8, 4) is 0 Å². The molecule has 0 saturated heterocycles. The second-order valence-electron chi connectivity index (χ2n) is 1.98. The van der Waals surface area contributed by atoms with E-state index in [0.717, 1.165) is 0 Å². The fraction of sp³-hybridized carbons (Fsp3) is 0.333. The Hall–Kier alpha value is 1.03. The van der Waals surface area contributed by atoms with E-state index in [1.54, 1.807) is 6.26 Å². The van der Waals surface area contributed by atoms with Crippen LogP contribution in [0.4, 0.5) is 0 Å². The van der Waals surface area contributed by atoms with E-state index in [-0.39, 0.29) is 37.2 Å². The topological polar surface area (TPSA) is 13.1 Å². The molecule has 0 saturated carbocycles. The Bertz CT molecular complexity index is 153. The van der Waals surface area contributed by atoms with E-state index in [2.05, 4.69) is 15.3 Å². The molecule has 0 aromatic carbocycles. The van der Waals surface area contributed by atoms with Gasteiger partial charge in [0.2, 0.25) is 0 Å². The molecule has 67 valence electrons. The van der Waals surface area contributed by atoms with Gasteiger partial charge in [0.15, 0.2) is 0 Å². The molecule has 0 spiro atoms. The Labute approximate surface area is 93.8 Å². The molecule has 1 heterocycles. The van der Waals surface area contributed by atoms with Crippen LogP contribution in [0.5, 0.6) is 0 Å². The zero-order chi connectivity index (χ0) is 5.98. The van der Waals surface area contributed by atoms with Gasteiger partial charge in [0.25, 0.3) is 0 Å². The van der Waals surface area contributed by atoms with Crippen molar-refractivity contribution in [2.45, 2.75) is 9.26 Å². The molecule has 0 amide bonds. The average molecular weight is 298 g/mol. The third-order valence-corrected chi connectivity index (χ3v) is 4.14. The molecule has 0 bridgehead atoms. The SMILES string of the molecule is Cl.Cl.Cl.[CH3][Zr]([CH3])[c]1ccco1. The van der Waals surface area contributed by atoms with Crippen molar-refractivity contribution < 1.29 is 26.2 Å². The maximum absolute atomic E-state index is 5.18. The van der Waals surface area contributed by atoms with E-state index < -0.39 is 21.8 Å². The molecule has 1 aromatic rings. The van der Waals surface area contributed by atoms with Gasteiger partial charge in [-0.15, -0.1) is 37.2 Å². The zero-order valence-electron chi connectivity index (χ0n) is 6.37. The van der Waals surface area contributed by atoms with Crippen molar-refractivity contribution in [3.63, 3.8) is 0 Å². The first-order valence-corrected chi connectivity index (χ1v) is 8.79. The monoisotopic (exact) mass is 295 g/mol. The van der Waals surface area contributed by atoms with Gasteiger partial charge in [-0.1, -0.05) is 0 Å². The molecule has 1 nitrogen and oxygen atoms in total. The zero-order valence-corrected chi connectivity index (χ0v) is 11.3. The summed E-state index contributed by atoms with van der Waals surface area (Å²) >= 11 is -1.13. The van der Waals surface area contributed by atoms with Gasteiger partial charge in [-0.2, -0.15) is 0 Å². The van der Waals surface area contributed by atoms with Crippen LogP contribution in [0.25, 0.3) is 0 Å². The van der Waals surface area contributed by atoms with Crippen LogP contribution < -0.4 is 3.47 Å². The summed E-state index contributed by atoms with van der Waals surface area (Å²) in [6.45, 7) is 0. The number of furan rings is 1. The van der Waals surface area contributed by atoms with Crippen molar-refractivity contribution in [3.05, 3.63) is 18.4 Å². The Balaban J connectivity index is -0.000000213. The van der Waals surface area contributed by atoms with Crippen LogP contribution in [0.1, 0.15) is 0 Å². The summed E-state index contributed by atoms with van der Waals surface area (Å²) < 4.78 is 11.1. The Kier molecular flexibility index (Phi) is 14.9. The average Bonchev–Trinajstić information content (AvgIpc) is 2.12. The molecule has 0 fully saturated rings. The van der Waals surface area contributed by atoms with Crippen LogP contribution in [0.15, 0.2) is 22.8 Å². The van der Waals surface area contributed by atoms with Gasteiger partial charge in [-0.05, 0) is 0 Å². The standard InChI is InChI=1S/C4H3O.2CH3.3ClH.Zr/c1-2-4-5-3-1;;;;;;/h1-3H;2*1H3;3*1H;. The molecule has 11 heavy (non-hydrogen) atoms. The van der Waals surface area contributed by atoms with E-state index in [1.165, 1.54) is 3.47 Å². The first kappa shape index (κ1) is 18.0. The molecule has 0 aliphatic carbocycles. The van der Waals surface area contributed by atoms with Crippen molar-refractivity contribution in [2.75, 3.05) is 0 Å². The molecule has 0 unspecified atom stereocenters. The predicted octanol–water partition coefficient (Wildman–Crippen LogP) is 2.88. The summed E-state index contributed by atoms with van der Waals surface area (Å²) in [6.07, 6.45) is 1.75.